The molecule has 0 aliphatic heterocycles. The lowest BCUT2D eigenvalue weighted by molar-refractivity contribution is 0.0911. The van der Waals surface area contributed by atoms with Gasteiger partial charge in [-0.1, -0.05) is 61.7 Å². The third-order valence-electron chi connectivity index (χ3n) is 5.89. The van der Waals surface area contributed by atoms with Crippen LogP contribution in [0.15, 0.2) is 48.5 Å². The number of hydrogen-bond donors (Lipinski definition) is 1. The van der Waals surface area contributed by atoms with E-state index in [1.165, 1.54) is 19.3 Å². The summed E-state index contributed by atoms with van der Waals surface area (Å²) in [7, 11) is 0. The Labute approximate surface area is 171 Å². The Balaban J connectivity index is 1.82. The number of aromatic nitrogens is 1. The van der Waals surface area contributed by atoms with Crippen LogP contribution < -0.4 is 5.32 Å². The molecule has 1 aromatic heterocycles. The summed E-state index contributed by atoms with van der Waals surface area (Å²) in [6.45, 7) is 4.22. The van der Waals surface area contributed by atoms with Gasteiger partial charge in [0.1, 0.15) is 0 Å². The van der Waals surface area contributed by atoms with Gasteiger partial charge in [0.2, 0.25) is 0 Å². The van der Waals surface area contributed by atoms with Crippen LogP contribution in [-0.4, -0.2) is 16.9 Å². The quantitative estimate of drug-likeness (QED) is 0.578. The molecule has 0 spiro atoms. The Morgan fingerprint density at radius 2 is 1.89 bits per heavy atom. The number of amides is 1. The third kappa shape index (κ3) is 3.64. The summed E-state index contributed by atoms with van der Waals surface area (Å²) in [6, 6.07) is 15.7. The molecule has 0 unspecified atom stereocenters. The lowest BCUT2D eigenvalue weighted by Crippen LogP contribution is -2.41. The Morgan fingerprint density at radius 3 is 2.68 bits per heavy atom. The average molecular weight is 393 g/mol. The van der Waals surface area contributed by atoms with Crippen LogP contribution in [0.1, 0.15) is 48.5 Å². The number of carbonyl (C=O) groups excluding carboxylic acids is 1. The van der Waals surface area contributed by atoms with Crippen molar-refractivity contribution in [1.82, 2.24) is 10.3 Å². The fourth-order valence-corrected chi connectivity index (χ4v) is 4.48. The summed E-state index contributed by atoms with van der Waals surface area (Å²) < 4.78 is 0. The molecule has 2 atom stereocenters. The fourth-order valence-electron chi connectivity index (χ4n) is 4.29. The van der Waals surface area contributed by atoms with Crippen molar-refractivity contribution >= 4 is 28.4 Å². The van der Waals surface area contributed by atoms with Gasteiger partial charge in [-0.3, -0.25) is 4.79 Å². The minimum atomic E-state index is -0.00173. The first-order chi connectivity index (χ1) is 13.5. The molecular weight excluding hydrogens is 368 g/mol. The van der Waals surface area contributed by atoms with E-state index < -0.39 is 0 Å². The number of nitrogens with one attached hydrogen (secondary N) is 1. The maximum Gasteiger partial charge on any atom is 0.252 e. The molecule has 1 saturated carbocycles. The van der Waals surface area contributed by atoms with Crippen LogP contribution in [-0.2, 0) is 0 Å². The second-order valence-corrected chi connectivity index (χ2v) is 8.27. The molecule has 0 bridgehead atoms. The van der Waals surface area contributed by atoms with Crippen LogP contribution in [0.2, 0.25) is 5.02 Å². The minimum Gasteiger partial charge on any atom is -0.349 e. The van der Waals surface area contributed by atoms with E-state index in [-0.39, 0.29) is 11.9 Å². The van der Waals surface area contributed by atoms with E-state index in [0.717, 1.165) is 39.7 Å². The van der Waals surface area contributed by atoms with Gasteiger partial charge >= 0.3 is 0 Å². The molecule has 1 heterocycles. The molecule has 0 radical (unpaired) electrons. The molecule has 2 aromatic carbocycles. The van der Waals surface area contributed by atoms with Crippen LogP contribution in [0.25, 0.3) is 22.2 Å². The van der Waals surface area contributed by atoms with Crippen LogP contribution in [0, 0.1) is 12.8 Å². The lowest BCUT2D eigenvalue weighted by Gasteiger charge is -2.30. The first kappa shape index (κ1) is 18.9. The average Bonchev–Trinajstić information content (AvgIpc) is 2.69. The van der Waals surface area contributed by atoms with Crippen molar-refractivity contribution < 1.29 is 4.79 Å². The minimum absolute atomic E-state index is 0.00173. The van der Waals surface area contributed by atoms with Gasteiger partial charge in [-0.2, -0.15) is 0 Å². The van der Waals surface area contributed by atoms with Crippen LogP contribution in [0.4, 0.5) is 0 Å². The molecule has 4 heteroatoms. The molecule has 3 aromatic rings. The molecule has 1 aliphatic rings. The smallest absolute Gasteiger partial charge is 0.252 e. The predicted octanol–water partition coefficient (Wildman–Crippen LogP) is 6.17. The van der Waals surface area contributed by atoms with Crippen LogP contribution in [0.5, 0.6) is 0 Å². The zero-order chi connectivity index (χ0) is 19.7. The Hall–Kier alpha value is -2.39. The molecule has 3 nitrogen and oxygen atoms in total. The molecule has 0 saturated heterocycles. The SMILES string of the molecule is Cc1c(-c2cccc(Cl)c2)nc2ccccc2c1C(=O)N[C@H]1CCCC[C@H]1C. The molecule has 28 heavy (non-hydrogen) atoms. The van der Waals surface area contributed by atoms with Crippen molar-refractivity contribution in [1.29, 1.82) is 0 Å². The molecule has 1 N–H and O–H groups in total. The first-order valence-electron chi connectivity index (χ1n) is 10.0. The highest BCUT2D eigenvalue weighted by molar-refractivity contribution is 6.30. The highest BCUT2D eigenvalue weighted by Crippen LogP contribution is 2.31. The van der Waals surface area contributed by atoms with E-state index in [1.54, 1.807) is 0 Å². The predicted molar refractivity (Wildman–Crippen MR) is 116 cm³/mol. The van der Waals surface area contributed by atoms with Gasteiger partial charge in [-0.25, -0.2) is 4.98 Å². The fraction of sp³-hybridized carbons (Fsp3) is 0.333. The van der Waals surface area contributed by atoms with Crippen molar-refractivity contribution in [3.8, 4) is 11.3 Å². The summed E-state index contributed by atoms with van der Waals surface area (Å²) >= 11 is 6.21. The number of nitrogens with zero attached hydrogens (tertiary/aromatic N) is 1. The highest BCUT2D eigenvalue weighted by atomic mass is 35.5. The van der Waals surface area contributed by atoms with Gasteiger partial charge < -0.3 is 5.32 Å². The first-order valence-corrected chi connectivity index (χ1v) is 10.4. The van der Waals surface area contributed by atoms with Gasteiger partial charge in [-0.15, -0.1) is 0 Å². The number of carbonyl (C=O) groups is 1. The topological polar surface area (TPSA) is 42.0 Å². The number of rotatable bonds is 3. The summed E-state index contributed by atoms with van der Waals surface area (Å²) in [5.74, 6) is 0.511. The van der Waals surface area contributed by atoms with Crippen molar-refractivity contribution in [3.05, 3.63) is 64.7 Å². The molecule has 1 amide bonds. The monoisotopic (exact) mass is 392 g/mol. The van der Waals surface area contributed by atoms with Crippen molar-refractivity contribution in [2.24, 2.45) is 5.92 Å². The number of pyridine rings is 1. The Morgan fingerprint density at radius 1 is 1.11 bits per heavy atom. The highest BCUT2D eigenvalue weighted by Gasteiger charge is 2.26. The zero-order valence-electron chi connectivity index (χ0n) is 16.3. The number of fused-ring (bicyclic) bond motifs is 1. The molecular formula is C24H25ClN2O. The number of halogens is 1. The Kier molecular flexibility index (Phi) is 5.36. The number of benzene rings is 2. The van der Waals surface area contributed by atoms with E-state index >= 15 is 0 Å². The van der Waals surface area contributed by atoms with E-state index in [1.807, 2.05) is 55.5 Å². The largest absolute Gasteiger partial charge is 0.349 e. The van der Waals surface area contributed by atoms with Gasteiger partial charge in [0.15, 0.2) is 0 Å². The van der Waals surface area contributed by atoms with E-state index in [0.29, 0.717) is 10.9 Å². The summed E-state index contributed by atoms with van der Waals surface area (Å²) in [4.78, 5) is 18.2. The molecule has 1 aliphatic carbocycles. The van der Waals surface area contributed by atoms with Crippen LogP contribution in [0.3, 0.4) is 0 Å². The molecule has 4 rings (SSSR count). The van der Waals surface area contributed by atoms with Gasteiger partial charge in [0.05, 0.1) is 16.8 Å². The Bertz CT molecular complexity index is 1030. The van der Waals surface area contributed by atoms with Crippen LogP contribution >= 0.6 is 11.6 Å². The maximum absolute atomic E-state index is 13.4. The van der Waals surface area contributed by atoms with E-state index in [2.05, 4.69) is 12.2 Å². The van der Waals surface area contributed by atoms with E-state index in [9.17, 15) is 4.79 Å². The maximum atomic E-state index is 13.4. The van der Waals surface area contributed by atoms with E-state index in [4.69, 9.17) is 16.6 Å². The molecule has 1 fully saturated rings. The second-order valence-electron chi connectivity index (χ2n) is 7.83. The molecule has 144 valence electrons. The second kappa shape index (κ2) is 7.92. The number of hydrogen-bond acceptors (Lipinski definition) is 2. The summed E-state index contributed by atoms with van der Waals surface area (Å²) in [6.07, 6.45) is 4.66. The normalized spacial score (nSPS) is 19.5. The third-order valence-corrected chi connectivity index (χ3v) is 6.12. The van der Waals surface area contributed by atoms with Gasteiger partial charge in [-0.05, 0) is 49.4 Å². The van der Waals surface area contributed by atoms with Crippen molar-refractivity contribution in [3.63, 3.8) is 0 Å². The summed E-state index contributed by atoms with van der Waals surface area (Å²) in [5.41, 5.74) is 4.17. The summed E-state index contributed by atoms with van der Waals surface area (Å²) in [5, 5.41) is 4.87. The van der Waals surface area contributed by atoms with Crippen molar-refractivity contribution in [2.45, 2.75) is 45.6 Å². The lowest BCUT2D eigenvalue weighted by atomic mass is 9.85. The number of para-hydroxylation sites is 1. The standard InChI is InChI=1S/C24H25ClN2O/c1-15-8-3-5-12-20(15)27-24(28)22-16(2)23(17-9-7-10-18(25)14-17)26-21-13-6-4-11-19(21)22/h4,6-7,9-11,13-15,20H,3,5,8,12H2,1-2H3,(H,27,28)/t15-,20+/m1/s1. The van der Waals surface area contributed by atoms with Gasteiger partial charge in [0.25, 0.3) is 5.91 Å². The van der Waals surface area contributed by atoms with Gasteiger partial charge in [0, 0.05) is 22.0 Å². The van der Waals surface area contributed by atoms with Crippen molar-refractivity contribution in [2.75, 3.05) is 0 Å². The zero-order valence-corrected chi connectivity index (χ0v) is 17.1.